The molecule has 2 aromatic rings. The number of rotatable bonds is 4. The maximum Gasteiger partial charge on any atom is 0.451 e. The van der Waals surface area contributed by atoms with Gasteiger partial charge in [-0.25, -0.2) is 0 Å². The van der Waals surface area contributed by atoms with Gasteiger partial charge in [0.1, 0.15) is 0 Å². The van der Waals surface area contributed by atoms with Crippen LogP contribution in [0.25, 0.3) is 0 Å². The van der Waals surface area contributed by atoms with Crippen LogP contribution < -0.4 is 5.32 Å². The molecule has 0 unspecified atom stereocenters. The first-order valence-electron chi connectivity index (χ1n) is 5.97. The van der Waals surface area contributed by atoms with Gasteiger partial charge in [0.2, 0.25) is 17.7 Å². The Bertz CT molecular complexity index is 729. The number of anilines is 1. The van der Waals surface area contributed by atoms with Crippen LogP contribution in [0.2, 0.25) is 0 Å². The normalized spacial score (nSPS) is 11.3. The maximum atomic E-state index is 12.3. The molecule has 0 aliphatic rings. The number of alkyl halides is 3. The molecule has 0 aliphatic heterocycles. The van der Waals surface area contributed by atoms with Gasteiger partial charge in [0.15, 0.2) is 0 Å². The number of hydrogen-bond donors (Lipinski definition) is 2. The second-order valence-electron chi connectivity index (χ2n) is 4.32. The Kier molecular flexibility index (Phi) is 5.04. The van der Waals surface area contributed by atoms with Crippen LogP contribution in [0.1, 0.15) is 15.5 Å². The molecule has 124 valence electrons. The van der Waals surface area contributed by atoms with Gasteiger partial charge in [-0.1, -0.05) is 0 Å². The Morgan fingerprint density at radius 3 is 2.65 bits per heavy atom. The Hall–Kier alpha value is -1.95. The molecule has 0 bridgehead atoms. The molecule has 2 aromatic heterocycles. The molecule has 2 heterocycles. The van der Waals surface area contributed by atoms with Gasteiger partial charge >= 0.3 is 6.18 Å². The minimum Gasteiger partial charge on any atom is -0.332 e. The molecule has 0 saturated heterocycles. The SMILES string of the molecule is CN(CC(=O)Nc1n[nH]c(C(F)(F)F)n1)C(=O)c1ccc(Br)s1. The number of carbonyl (C=O) groups excluding carboxylic acids is 2. The molecule has 7 nitrogen and oxygen atoms in total. The number of hydrogen-bond acceptors (Lipinski definition) is 5. The summed E-state index contributed by atoms with van der Waals surface area (Å²) < 4.78 is 37.8. The van der Waals surface area contributed by atoms with Gasteiger partial charge in [0.05, 0.1) is 15.2 Å². The number of amides is 2. The fourth-order valence-corrected chi connectivity index (χ4v) is 2.89. The average Bonchev–Trinajstić information content (AvgIpc) is 3.06. The highest BCUT2D eigenvalue weighted by Gasteiger charge is 2.35. The molecule has 2 rings (SSSR count). The topological polar surface area (TPSA) is 91.0 Å². The largest absolute Gasteiger partial charge is 0.451 e. The number of nitrogens with zero attached hydrogens (tertiary/aromatic N) is 3. The molecule has 0 fully saturated rings. The second kappa shape index (κ2) is 6.66. The summed E-state index contributed by atoms with van der Waals surface area (Å²) in [6.07, 6.45) is -4.69. The fourth-order valence-electron chi connectivity index (χ4n) is 1.51. The van der Waals surface area contributed by atoms with E-state index in [2.05, 4.69) is 31.3 Å². The van der Waals surface area contributed by atoms with Crippen molar-refractivity contribution in [2.45, 2.75) is 6.18 Å². The quantitative estimate of drug-likeness (QED) is 0.807. The fraction of sp³-hybridized carbons (Fsp3) is 0.273. The molecule has 0 radical (unpaired) electrons. The Labute approximate surface area is 140 Å². The van der Waals surface area contributed by atoms with E-state index in [1.807, 2.05) is 0 Å². The lowest BCUT2D eigenvalue weighted by Gasteiger charge is -2.14. The molecule has 12 heteroatoms. The molecular formula is C11H9BrF3N5O2S. The van der Waals surface area contributed by atoms with Crippen LogP contribution in [0.3, 0.4) is 0 Å². The number of nitrogens with one attached hydrogen (secondary N) is 2. The lowest BCUT2D eigenvalue weighted by atomic mass is 10.4. The molecule has 0 atom stereocenters. The summed E-state index contributed by atoms with van der Waals surface area (Å²) >= 11 is 4.42. The van der Waals surface area contributed by atoms with Gasteiger partial charge < -0.3 is 4.90 Å². The van der Waals surface area contributed by atoms with Gasteiger partial charge in [-0.05, 0) is 28.1 Å². The smallest absolute Gasteiger partial charge is 0.332 e. The second-order valence-corrected chi connectivity index (χ2v) is 6.78. The van der Waals surface area contributed by atoms with Crippen molar-refractivity contribution in [1.82, 2.24) is 20.1 Å². The van der Waals surface area contributed by atoms with Crippen molar-refractivity contribution >= 4 is 45.0 Å². The summed E-state index contributed by atoms with van der Waals surface area (Å²) in [4.78, 5) is 28.4. The van der Waals surface area contributed by atoms with E-state index < -0.39 is 23.9 Å². The van der Waals surface area contributed by atoms with Gasteiger partial charge in [-0.2, -0.15) is 18.2 Å². The predicted octanol–water partition coefficient (Wildman–Crippen LogP) is 2.36. The van der Waals surface area contributed by atoms with Crippen LogP contribution in [0, 0.1) is 0 Å². The van der Waals surface area contributed by atoms with Crippen molar-refractivity contribution in [2.75, 3.05) is 18.9 Å². The third kappa shape index (κ3) is 4.51. The van der Waals surface area contributed by atoms with E-state index >= 15 is 0 Å². The Morgan fingerprint density at radius 1 is 1.43 bits per heavy atom. The molecule has 0 saturated carbocycles. The summed E-state index contributed by atoms with van der Waals surface area (Å²) in [5.74, 6) is -2.94. The van der Waals surface area contributed by atoms with E-state index in [-0.39, 0.29) is 12.5 Å². The van der Waals surface area contributed by atoms with Crippen molar-refractivity contribution in [3.8, 4) is 0 Å². The van der Waals surface area contributed by atoms with E-state index in [4.69, 9.17) is 0 Å². The van der Waals surface area contributed by atoms with E-state index in [0.29, 0.717) is 4.88 Å². The minimum absolute atomic E-state index is 0.357. The Balaban J connectivity index is 1.94. The molecule has 2 amide bonds. The lowest BCUT2D eigenvalue weighted by molar-refractivity contribution is -0.144. The number of aromatic nitrogens is 3. The Morgan fingerprint density at radius 2 is 2.13 bits per heavy atom. The zero-order valence-electron chi connectivity index (χ0n) is 11.4. The third-order valence-corrected chi connectivity index (χ3v) is 4.13. The number of H-pyrrole nitrogens is 1. The van der Waals surface area contributed by atoms with Crippen LogP contribution in [0.4, 0.5) is 19.1 Å². The molecule has 2 N–H and O–H groups in total. The first kappa shape index (κ1) is 17.4. The molecule has 0 aromatic carbocycles. The lowest BCUT2D eigenvalue weighted by Crippen LogP contribution is -2.34. The third-order valence-electron chi connectivity index (χ3n) is 2.52. The summed E-state index contributed by atoms with van der Waals surface area (Å²) in [6.45, 7) is -0.357. The van der Waals surface area contributed by atoms with Crippen LogP contribution in [0.15, 0.2) is 15.9 Å². The van der Waals surface area contributed by atoms with Crippen LogP contribution in [-0.4, -0.2) is 45.5 Å². The highest BCUT2D eigenvalue weighted by Crippen LogP contribution is 2.26. The summed E-state index contributed by atoms with van der Waals surface area (Å²) in [5.41, 5.74) is 0. The average molecular weight is 412 g/mol. The number of aromatic amines is 1. The highest BCUT2D eigenvalue weighted by molar-refractivity contribution is 9.11. The summed E-state index contributed by atoms with van der Waals surface area (Å²) in [6, 6.07) is 3.29. The zero-order valence-corrected chi connectivity index (χ0v) is 13.8. The molecule has 0 aliphatic carbocycles. The summed E-state index contributed by atoms with van der Waals surface area (Å²) in [5, 5.41) is 7.00. The van der Waals surface area contributed by atoms with Crippen molar-refractivity contribution in [2.24, 2.45) is 0 Å². The minimum atomic E-state index is -4.69. The van der Waals surface area contributed by atoms with Crippen molar-refractivity contribution in [3.05, 3.63) is 26.6 Å². The van der Waals surface area contributed by atoms with Crippen LogP contribution in [-0.2, 0) is 11.0 Å². The maximum absolute atomic E-state index is 12.3. The molecule has 23 heavy (non-hydrogen) atoms. The van der Waals surface area contributed by atoms with E-state index in [9.17, 15) is 22.8 Å². The van der Waals surface area contributed by atoms with Gasteiger partial charge in [0, 0.05) is 7.05 Å². The number of likely N-dealkylation sites (N-methyl/N-ethyl adjacent to an activating group) is 1. The summed E-state index contributed by atoms with van der Waals surface area (Å²) in [7, 11) is 1.40. The van der Waals surface area contributed by atoms with Gasteiger partial charge in [0.25, 0.3) is 5.91 Å². The molecule has 0 spiro atoms. The number of carbonyl (C=O) groups is 2. The zero-order chi connectivity index (χ0) is 17.2. The van der Waals surface area contributed by atoms with Crippen LogP contribution in [0.5, 0.6) is 0 Å². The monoisotopic (exact) mass is 411 g/mol. The number of thiophene rings is 1. The van der Waals surface area contributed by atoms with Gasteiger partial charge in [-0.15, -0.1) is 16.4 Å². The predicted molar refractivity (Wildman–Crippen MR) is 79.0 cm³/mol. The van der Waals surface area contributed by atoms with Crippen molar-refractivity contribution < 1.29 is 22.8 Å². The standard InChI is InChI=1S/C11H9BrF3N5O2S/c1-20(8(22)5-2-3-6(12)23-5)4-7(21)16-10-17-9(18-19-10)11(13,14)15/h2-3H,4H2,1H3,(H2,16,17,18,19,21). The first-order valence-corrected chi connectivity index (χ1v) is 7.58. The first-order chi connectivity index (χ1) is 10.7. The van der Waals surface area contributed by atoms with E-state index in [0.717, 1.165) is 8.69 Å². The van der Waals surface area contributed by atoms with Crippen LogP contribution >= 0.6 is 27.3 Å². The molecular weight excluding hydrogens is 403 g/mol. The van der Waals surface area contributed by atoms with E-state index in [1.165, 1.54) is 18.4 Å². The van der Waals surface area contributed by atoms with E-state index in [1.54, 1.807) is 17.2 Å². The highest BCUT2D eigenvalue weighted by atomic mass is 79.9. The van der Waals surface area contributed by atoms with Gasteiger partial charge in [-0.3, -0.25) is 20.0 Å². The number of halogens is 4. The van der Waals surface area contributed by atoms with Crippen molar-refractivity contribution in [3.63, 3.8) is 0 Å². The van der Waals surface area contributed by atoms with Crippen molar-refractivity contribution in [1.29, 1.82) is 0 Å².